The molecule has 0 spiro atoms. The molecule has 26 heavy (non-hydrogen) atoms. The zero-order valence-electron chi connectivity index (χ0n) is 14.8. The van der Waals surface area contributed by atoms with Crippen LogP contribution in [-0.4, -0.2) is 5.91 Å². The number of amides is 1. The molecule has 0 atom stereocenters. The SMILES string of the molecule is O=C(Nc1ccc(-c2ccccc2C2CCCC2)cc1)c1ccccc1. The molecule has 0 bridgehead atoms. The van der Waals surface area contributed by atoms with Gasteiger partial charge in [-0.1, -0.05) is 67.4 Å². The third-order valence-corrected chi connectivity index (χ3v) is 5.25. The number of carbonyl (C=O) groups is 1. The summed E-state index contributed by atoms with van der Waals surface area (Å²) < 4.78 is 0. The lowest BCUT2D eigenvalue weighted by Gasteiger charge is -2.16. The first kappa shape index (κ1) is 16.6. The Balaban J connectivity index is 1.54. The maximum atomic E-state index is 12.3. The van der Waals surface area contributed by atoms with Gasteiger partial charge in [0.15, 0.2) is 0 Å². The Morgan fingerprint density at radius 3 is 2.15 bits per heavy atom. The molecule has 1 N–H and O–H groups in total. The third-order valence-electron chi connectivity index (χ3n) is 5.25. The summed E-state index contributed by atoms with van der Waals surface area (Å²) in [4.78, 5) is 12.3. The highest BCUT2D eigenvalue weighted by Gasteiger charge is 2.20. The van der Waals surface area contributed by atoms with E-state index in [9.17, 15) is 4.79 Å². The molecule has 0 radical (unpaired) electrons. The van der Waals surface area contributed by atoms with Crippen LogP contribution >= 0.6 is 0 Å². The zero-order chi connectivity index (χ0) is 17.8. The zero-order valence-corrected chi connectivity index (χ0v) is 14.8. The summed E-state index contributed by atoms with van der Waals surface area (Å²) in [5.74, 6) is 0.605. The summed E-state index contributed by atoms with van der Waals surface area (Å²) >= 11 is 0. The molecule has 2 heteroatoms. The van der Waals surface area contributed by atoms with Gasteiger partial charge in [0.1, 0.15) is 0 Å². The van der Waals surface area contributed by atoms with Gasteiger partial charge in [-0.2, -0.15) is 0 Å². The standard InChI is InChI=1S/C24H23NO/c26-24(20-10-2-1-3-11-20)25-21-16-14-19(15-17-21)23-13-7-6-12-22(23)18-8-4-5-9-18/h1-3,6-7,10-18H,4-5,8-9H2,(H,25,26). The molecule has 3 aromatic carbocycles. The average Bonchev–Trinajstić information content (AvgIpc) is 3.24. The molecule has 0 aromatic heterocycles. The van der Waals surface area contributed by atoms with Gasteiger partial charge in [0, 0.05) is 11.3 Å². The summed E-state index contributed by atoms with van der Waals surface area (Å²) in [6, 6.07) is 26.2. The maximum Gasteiger partial charge on any atom is 0.255 e. The van der Waals surface area contributed by atoms with E-state index in [0.29, 0.717) is 11.5 Å². The Labute approximate surface area is 154 Å². The first-order valence-electron chi connectivity index (χ1n) is 9.37. The van der Waals surface area contributed by atoms with Crippen LogP contribution in [0.25, 0.3) is 11.1 Å². The van der Waals surface area contributed by atoms with Gasteiger partial charge in [-0.05, 0) is 59.7 Å². The lowest BCUT2D eigenvalue weighted by atomic mass is 9.89. The summed E-state index contributed by atoms with van der Waals surface area (Å²) in [5, 5.41) is 2.97. The Morgan fingerprint density at radius 1 is 0.769 bits per heavy atom. The molecule has 0 saturated heterocycles. The summed E-state index contributed by atoms with van der Waals surface area (Å²) in [5.41, 5.74) is 5.49. The predicted octanol–water partition coefficient (Wildman–Crippen LogP) is 6.26. The number of rotatable bonds is 4. The van der Waals surface area contributed by atoms with Crippen molar-refractivity contribution >= 4 is 11.6 Å². The highest BCUT2D eigenvalue weighted by molar-refractivity contribution is 6.04. The van der Waals surface area contributed by atoms with Gasteiger partial charge >= 0.3 is 0 Å². The summed E-state index contributed by atoms with van der Waals surface area (Å²) in [7, 11) is 0. The number of benzene rings is 3. The van der Waals surface area contributed by atoms with Gasteiger partial charge in [0.2, 0.25) is 0 Å². The fourth-order valence-electron chi connectivity index (χ4n) is 3.88. The molecule has 130 valence electrons. The fraction of sp³-hybridized carbons (Fsp3) is 0.208. The van der Waals surface area contributed by atoms with Crippen LogP contribution in [0.1, 0.15) is 47.5 Å². The molecule has 1 saturated carbocycles. The molecule has 0 aliphatic heterocycles. The highest BCUT2D eigenvalue weighted by atomic mass is 16.1. The van der Waals surface area contributed by atoms with Crippen molar-refractivity contribution in [3.8, 4) is 11.1 Å². The van der Waals surface area contributed by atoms with Crippen LogP contribution in [0, 0.1) is 0 Å². The molecule has 4 rings (SSSR count). The van der Waals surface area contributed by atoms with Gasteiger partial charge in [-0.15, -0.1) is 0 Å². The van der Waals surface area contributed by atoms with E-state index in [2.05, 4.69) is 41.7 Å². The predicted molar refractivity (Wildman–Crippen MR) is 107 cm³/mol. The molecule has 0 heterocycles. The molecule has 3 aromatic rings. The first-order valence-corrected chi connectivity index (χ1v) is 9.37. The number of hydrogen-bond acceptors (Lipinski definition) is 1. The monoisotopic (exact) mass is 341 g/mol. The van der Waals surface area contributed by atoms with E-state index in [-0.39, 0.29) is 5.91 Å². The van der Waals surface area contributed by atoms with E-state index in [1.807, 2.05) is 42.5 Å². The Hall–Kier alpha value is -2.87. The van der Waals surface area contributed by atoms with Gasteiger partial charge < -0.3 is 5.32 Å². The van der Waals surface area contributed by atoms with Crippen molar-refractivity contribution in [3.63, 3.8) is 0 Å². The lowest BCUT2D eigenvalue weighted by molar-refractivity contribution is 0.102. The topological polar surface area (TPSA) is 29.1 Å². The molecule has 0 unspecified atom stereocenters. The van der Waals surface area contributed by atoms with E-state index in [1.165, 1.54) is 42.4 Å². The van der Waals surface area contributed by atoms with Crippen molar-refractivity contribution in [2.45, 2.75) is 31.6 Å². The molecule has 2 nitrogen and oxygen atoms in total. The highest BCUT2D eigenvalue weighted by Crippen LogP contribution is 2.39. The number of hydrogen-bond donors (Lipinski definition) is 1. The van der Waals surface area contributed by atoms with Crippen LogP contribution in [0.2, 0.25) is 0 Å². The Kier molecular flexibility index (Phi) is 4.83. The van der Waals surface area contributed by atoms with Gasteiger partial charge in [-0.3, -0.25) is 4.79 Å². The van der Waals surface area contributed by atoms with Crippen LogP contribution in [0.3, 0.4) is 0 Å². The molecule has 1 fully saturated rings. The van der Waals surface area contributed by atoms with Crippen LogP contribution in [0.15, 0.2) is 78.9 Å². The van der Waals surface area contributed by atoms with E-state index in [4.69, 9.17) is 0 Å². The van der Waals surface area contributed by atoms with Crippen molar-refractivity contribution in [1.82, 2.24) is 0 Å². The van der Waals surface area contributed by atoms with Crippen molar-refractivity contribution in [1.29, 1.82) is 0 Å². The first-order chi connectivity index (χ1) is 12.8. The Bertz CT molecular complexity index is 878. The second-order valence-corrected chi connectivity index (χ2v) is 6.97. The second-order valence-electron chi connectivity index (χ2n) is 6.97. The van der Waals surface area contributed by atoms with Crippen LogP contribution in [-0.2, 0) is 0 Å². The van der Waals surface area contributed by atoms with E-state index in [1.54, 1.807) is 0 Å². The van der Waals surface area contributed by atoms with Gasteiger partial charge in [0.25, 0.3) is 5.91 Å². The van der Waals surface area contributed by atoms with Crippen LogP contribution < -0.4 is 5.32 Å². The molecule has 1 aliphatic carbocycles. The van der Waals surface area contributed by atoms with Crippen molar-refractivity contribution < 1.29 is 4.79 Å². The third kappa shape index (κ3) is 3.55. The lowest BCUT2D eigenvalue weighted by Crippen LogP contribution is -2.11. The Morgan fingerprint density at radius 2 is 1.42 bits per heavy atom. The maximum absolute atomic E-state index is 12.3. The van der Waals surface area contributed by atoms with Gasteiger partial charge in [0.05, 0.1) is 0 Å². The van der Waals surface area contributed by atoms with E-state index in [0.717, 1.165) is 5.69 Å². The minimum atomic E-state index is -0.0790. The fourth-order valence-corrected chi connectivity index (χ4v) is 3.88. The van der Waals surface area contributed by atoms with Crippen LogP contribution in [0.4, 0.5) is 5.69 Å². The van der Waals surface area contributed by atoms with Crippen LogP contribution in [0.5, 0.6) is 0 Å². The largest absolute Gasteiger partial charge is 0.322 e. The molecular weight excluding hydrogens is 318 g/mol. The molecular formula is C24H23NO. The van der Waals surface area contributed by atoms with E-state index >= 15 is 0 Å². The number of carbonyl (C=O) groups excluding carboxylic acids is 1. The van der Waals surface area contributed by atoms with Gasteiger partial charge in [-0.25, -0.2) is 0 Å². The minimum absolute atomic E-state index is 0.0790. The minimum Gasteiger partial charge on any atom is -0.322 e. The number of anilines is 1. The quantitative estimate of drug-likeness (QED) is 0.596. The van der Waals surface area contributed by atoms with E-state index < -0.39 is 0 Å². The second kappa shape index (κ2) is 7.57. The normalized spacial score (nSPS) is 14.3. The summed E-state index contributed by atoms with van der Waals surface area (Å²) in [6.45, 7) is 0. The molecule has 1 aliphatic rings. The summed E-state index contributed by atoms with van der Waals surface area (Å²) in [6.07, 6.45) is 5.26. The van der Waals surface area contributed by atoms with Crippen molar-refractivity contribution in [3.05, 3.63) is 90.0 Å². The smallest absolute Gasteiger partial charge is 0.255 e. The van der Waals surface area contributed by atoms with Crippen molar-refractivity contribution in [2.24, 2.45) is 0 Å². The van der Waals surface area contributed by atoms with Crippen molar-refractivity contribution in [2.75, 3.05) is 5.32 Å². The number of nitrogens with one attached hydrogen (secondary N) is 1. The average molecular weight is 341 g/mol. The molecule has 1 amide bonds.